The van der Waals surface area contributed by atoms with E-state index in [-0.39, 0.29) is 21.7 Å². The lowest BCUT2D eigenvalue weighted by Crippen LogP contribution is -2.19. The van der Waals surface area contributed by atoms with Crippen LogP contribution in [0.25, 0.3) is 0 Å². The molecule has 0 aliphatic heterocycles. The van der Waals surface area contributed by atoms with Gasteiger partial charge in [-0.1, -0.05) is 39.7 Å². The third-order valence-corrected chi connectivity index (χ3v) is 2.83. The van der Waals surface area contributed by atoms with Crippen LogP contribution in [0.5, 0.6) is 5.75 Å². The summed E-state index contributed by atoms with van der Waals surface area (Å²) in [5.41, 5.74) is 0.226. The van der Waals surface area contributed by atoms with E-state index in [9.17, 15) is 15.3 Å². The molecule has 0 amide bonds. The number of aliphatic hydroxyl groups is 2. The van der Waals surface area contributed by atoms with Gasteiger partial charge < -0.3 is 15.3 Å². The van der Waals surface area contributed by atoms with Gasteiger partial charge in [0, 0.05) is 10.9 Å². The van der Waals surface area contributed by atoms with E-state index in [1.807, 2.05) is 0 Å². The molecule has 78 valence electrons. The van der Waals surface area contributed by atoms with Gasteiger partial charge >= 0.3 is 0 Å². The monoisotopic (exact) mass is 280 g/mol. The Morgan fingerprint density at radius 2 is 2.00 bits per heavy atom. The van der Waals surface area contributed by atoms with Crippen LogP contribution in [0.15, 0.2) is 18.2 Å². The highest BCUT2D eigenvalue weighted by molar-refractivity contribution is 9.09. The summed E-state index contributed by atoms with van der Waals surface area (Å²) in [4.78, 5) is 0. The minimum absolute atomic E-state index is 0.156. The van der Waals surface area contributed by atoms with Gasteiger partial charge in [0.2, 0.25) is 0 Å². The Hall–Kier alpha value is -0.290. The maximum absolute atomic E-state index is 9.60. The molecule has 0 aliphatic rings. The molecule has 0 spiro atoms. The fourth-order valence-electron chi connectivity index (χ4n) is 1.06. The number of rotatable bonds is 3. The maximum atomic E-state index is 9.60. The lowest BCUT2D eigenvalue weighted by Gasteiger charge is -2.17. The number of benzene rings is 1. The van der Waals surface area contributed by atoms with Gasteiger partial charge in [-0.15, -0.1) is 0 Å². The largest absolute Gasteiger partial charge is 0.506 e. The first-order chi connectivity index (χ1) is 6.57. The summed E-state index contributed by atoms with van der Waals surface area (Å²) in [6.07, 6.45) is -2.12. The third kappa shape index (κ3) is 2.39. The van der Waals surface area contributed by atoms with Crippen LogP contribution in [0.1, 0.15) is 11.7 Å². The van der Waals surface area contributed by atoms with Crippen LogP contribution in [0, 0.1) is 0 Å². The van der Waals surface area contributed by atoms with Gasteiger partial charge in [-0.25, -0.2) is 0 Å². The number of para-hydroxylation sites is 1. The average molecular weight is 282 g/mol. The average Bonchev–Trinajstić information content (AvgIpc) is 2.20. The van der Waals surface area contributed by atoms with Crippen molar-refractivity contribution in [1.29, 1.82) is 0 Å². The van der Waals surface area contributed by atoms with E-state index in [4.69, 9.17) is 11.6 Å². The van der Waals surface area contributed by atoms with Gasteiger partial charge in [-0.3, -0.25) is 0 Å². The molecular formula is C9H10BrClO3. The van der Waals surface area contributed by atoms with Crippen molar-refractivity contribution in [2.24, 2.45) is 0 Å². The standard InChI is InChI=1S/C9H10BrClO3/c10-4-7(12)9(14)5-2-1-3-6(11)8(5)13/h1-3,7,9,12-14H,4H2. The Bertz CT molecular complexity index is 319. The summed E-state index contributed by atoms with van der Waals surface area (Å²) < 4.78 is 0. The second-order valence-corrected chi connectivity index (χ2v) is 3.90. The van der Waals surface area contributed by atoms with E-state index in [0.29, 0.717) is 0 Å². The van der Waals surface area contributed by atoms with E-state index < -0.39 is 12.2 Å². The van der Waals surface area contributed by atoms with Crippen LogP contribution in [0.3, 0.4) is 0 Å². The molecule has 0 saturated carbocycles. The van der Waals surface area contributed by atoms with E-state index in [1.165, 1.54) is 12.1 Å². The highest BCUT2D eigenvalue weighted by atomic mass is 79.9. The van der Waals surface area contributed by atoms with Crippen molar-refractivity contribution in [3.8, 4) is 5.75 Å². The van der Waals surface area contributed by atoms with Gasteiger partial charge in [-0.05, 0) is 6.07 Å². The fraction of sp³-hybridized carbons (Fsp3) is 0.333. The minimum atomic E-state index is -1.15. The molecule has 2 unspecified atom stereocenters. The Kier molecular flexibility index (Phi) is 4.19. The van der Waals surface area contributed by atoms with Crippen molar-refractivity contribution in [1.82, 2.24) is 0 Å². The zero-order chi connectivity index (χ0) is 10.7. The molecule has 1 aromatic carbocycles. The van der Waals surface area contributed by atoms with Crippen LogP contribution in [-0.2, 0) is 0 Å². The molecule has 0 fully saturated rings. The van der Waals surface area contributed by atoms with Gasteiger partial charge in [0.15, 0.2) is 0 Å². The van der Waals surface area contributed by atoms with Crippen molar-refractivity contribution in [3.05, 3.63) is 28.8 Å². The normalized spacial score (nSPS) is 15.1. The first kappa shape index (κ1) is 11.8. The molecule has 1 rings (SSSR count). The van der Waals surface area contributed by atoms with E-state index >= 15 is 0 Å². The molecule has 0 saturated heterocycles. The highest BCUT2D eigenvalue weighted by Crippen LogP contribution is 2.32. The van der Waals surface area contributed by atoms with E-state index in [0.717, 1.165) is 0 Å². The quantitative estimate of drug-likeness (QED) is 0.741. The number of aromatic hydroxyl groups is 1. The number of aliphatic hydroxyl groups excluding tert-OH is 2. The summed E-state index contributed by atoms with van der Waals surface area (Å²) in [6.45, 7) is 0. The topological polar surface area (TPSA) is 60.7 Å². The third-order valence-electron chi connectivity index (χ3n) is 1.86. The molecular weight excluding hydrogens is 271 g/mol. The zero-order valence-corrected chi connectivity index (χ0v) is 9.53. The van der Waals surface area contributed by atoms with Crippen LogP contribution < -0.4 is 0 Å². The molecule has 0 radical (unpaired) electrons. The summed E-state index contributed by atoms with van der Waals surface area (Å²) in [5.74, 6) is -0.193. The van der Waals surface area contributed by atoms with Gasteiger partial charge in [0.1, 0.15) is 11.9 Å². The summed E-state index contributed by atoms with van der Waals surface area (Å²) >= 11 is 8.68. The van der Waals surface area contributed by atoms with Crippen LogP contribution >= 0.6 is 27.5 Å². The first-order valence-electron chi connectivity index (χ1n) is 3.97. The summed E-state index contributed by atoms with van der Waals surface area (Å²) in [7, 11) is 0. The Balaban J connectivity index is 3.01. The number of alkyl halides is 1. The maximum Gasteiger partial charge on any atom is 0.140 e. The molecule has 0 aliphatic carbocycles. The lowest BCUT2D eigenvalue weighted by molar-refractivity contribution is 0.0328. The van der Waals surface area contributed by atoms with Gasteiger partial charge in [0.05, 0.1) is 11.1 Å². The highest BCUT2D eigenvalue weighted by Gasteiger charge is 2.21. The molecule has 1 aromatic rings. The molecule has 0 aromatic heterocycles. The predicted molar refractivity (Wildman–Crippen MR) is 57.9 cm³/mol. The number of hydrogen-bond acceptors (Lipinski definition) is 3. The van der Waals surface area contributed by atoms with Crippen LogP contribution in [0.2, 0.25) is 5.02 Å². The Morgan fingerprint density at radius 1 is 1.36 bits per heavy atom. The molecule has 2 atom stereocenters. The van der Waals surface area contributed by atoms with Crippen molar-refractivity contribution in [3.63, 3.8) is 0 Å². The van der Waals surface area contributed by atoms with Crippen molar-refractivity contribution >= 4 is 27.5 Å². The van der Waals surface area contributed by atoms with Crippen LogP contribution in [-0.4, -0.2) is 26.8 Å². The van der Waals surface area contributed by atoms with E-state index in [2.05, 4.69) is 15.9 Å². The SMILES string of the molecule is Oc1c(Cl)cccc1C(O)C(O)CBr. The Labute approximate surface area is 95.1 Å². The molecule has 0 heterocycles. The second-order valence-electron chi connectivity index (χ2n) is 2.84. The van der Waals surface area contributed by atoms with Gasteiger partial charge in [0.25, 0.3) is 0 Å². The summed E-state index contributed by atoms with van der Waals surface area (Å²) in [6, 6.07) is 4.62. The first-order valence-corrected chi connectivity index (χ1v) is 5.47. The number of hydrogen-bond donors (Lipinski definition) is 3. The minimum Gasteiger partial charge on any atom is -0.506 e. The lowest BCUT2D eigenvalue weighted by atomic mass is 10.0. The predicted octanol–water partition coefficient (Wildman–Crippen LogP) is 1.83. The zero-order valence-electron chi connectivity index (χ0n) is 7.19. The Morgan fingerprint density at radius 3 is 2.57 bits per heavy atom. The van der Waals surface area contributed by atoms with Crippen LogP contribution in [0.4, 0.5) is 0 Å². The van der Waals surface area contributed by atoms with Crippen molar-refractivity contribution in [2.75, 3.05) is 5.33 Å². The number of phenols is 1. The van der Waals surface area contributed by atoms with Crippen molar-refractivity contribution in [2.45, 2.75) is 12.2 Å². The number of phenolic OH excluding ortho intramolecular Hbond substituents is 1. The second kappa shape index (κ2) is 4.98. The molecule has 0 bridgehead atoms. The van der Waals surface area contributed by atoms with Crippen molar-refractivity contribution < 1.29 is 15.3 Å². The number of halogens is 2. The van der Waals surface area contributed by atoms with Gasteiger partial charge in [-0.2, -0.15) is 0 Å². The molecule has 3 N–H and O–H groups in total. The smallest absolute Gasteiger partial charge is 0.140 e. The molecule has 3 nitrogen and oxygen atoms in total. The molecule has 14 heavy (non-hydrogen) atoms. The van der Waals surface area contributed by atoms with E-state index in [1.54, 1.807) is 6.07 Å². The molecule has 5 heteroatoms. The fourth-order valence-corrected chi connectivity index (χ4v) is 1.60. The summed E-state index contributed by atoms with van der Waals surface area (Å²) in [5, 5.41) is 28.8.